The van der Waals surface area contributed by atoms with E-state index in [9.17, 15) is 9.90 Å². The smallest absolute Gasteiger partial charge is 0.227 e. The van der Waals surface area contributed by atoms with E-state index in [1.54, 1.807) is 0 Å². The van der Waals surface area contributed by atoms with Gasteiger partial charge in [-0.2, -0.15) is 0 Å². The quantitative estimate of drug-likeness (QED) is 0.707. The van der Waals surface area contributed by atoms with E-state index < -0.39 is 0 Å². The van der Waals surface area contributed by atoms with Crippen LogP contribution in [0.5, 0.6) is 0 Å². The fraction of sp³-hybridized carbons (Fsp3) is 0.929. The van der Waals surface area contributed by atoms with Gasteiger partial charge >= 0.3 is 0 Å². The van der Waals surface area contributed by atoms with E-state index in [2.05, 4.69) is 5.32 Å². The molecule has 4 nitrogen and oxygen atoms in total. The van der Waals surface area contributed by atoms with Gasteiger partial charge < -0.3 is 16.2 Å². The highest BCUT2D eigenvalue weighted by atomic mass is 16.3. The molecule has 1 amide bonds. The number of aliphatic hydroxyl groups is 1. The van der Waals surface area contributed by atoms with Gasteiger partial charge in [0.1, 0.15) is 0 Å². The van der Waals surface area contributed by atoms with Gasteiger partial charge in [0, 0.05) is 12.6 Å². The van der Waals surface area contributed by atoms with Crippen LogP contribution in [0, 0.1) is 11.3 Å². The first kappa shape index (κ1) is 13.8. The SMILES string of the molecule is CC1(C(=O)NCC2CCCC(O)C2)CCCC1N. The standard InChI is InChI=1S/C14H26N2O2/c1-14(7-3-6-12(14)15)13(18)16-9-10-4-2-5-11(17)8-10/h10-12,17H,2-9,15H2,1H3,(H,16,18). The van der Waals surface area contributed by atoms with Gasteiger partial charge in [0.25, 0.3) is 0 Å². The Balaban J connectivity index is 1.81. The van der Waals surface area contributed by atoms with Crippen molar-refractivity contribution in [3.05, 3.63) is 0 Å². The fourth-order valence-corrected chi connectivity index (χ4v) is 3.36. The number of carbonyl (C=O) groups is 1. The summed E-state index contributed by atoms with van der Waals surface area (Å²) in [7, 11) is 0. The molecule has 2 aliphatic rings. The van der Waals surface area contributed by atoms with Crippen molar-refractivity contribution in [3.63, 3.8) is 0 Å². The molecule has 2 rings (SSSR count). The summed E-state index contributed by atoms with van der Waals surface area (Å²) in [5.41, 5.74) is 5.66. The second-order valence-electron chi connectivity index (χ2n) is 6.31. The Bertz CT molecular complexity index is 308. The van der Waals surface area contributed by atoms with Crippen LogP contribution in [0.2, 0.25) is 0 Å². The average Bonchev–Trinajstić information content (AvgIpc) is 2.68. The summed E-state index contributed by atoms with van der Waals surface area (Å²) in [6.07, 6.45) is 6.63. The van der Waals surface area contributed by atoms with Gasteiger partial charge in [-0.3, -0.25) is 4.79 Å². The lowest BCUT2D eigenvalue weighted by Gasteiger charge is -2.30. The second-order valence-corrected chi connectivity index (χ2v) is 6.31. The molecule has 0 radical (unpaired) electrons. The highest BCUT2D eigenvalue weighted by Crippen LogP contribution is 2.37. The zero-order valence-corrected chi connectivity index (χ0v) is 11.3. The first-order valence-electron chi connectivity index (χ1n) is 7.24. The van der Waals surface area contributed by atoms with Gasteiger partial charge in [-0.05, 0) is 44.9 Å². The number of carbonyl (C=O) groups excluding carboxylic acids is 1. The molecule has 0 bridgehead atoms. The first-order chi connectivity index (χ1) is 8.52. The third kappa shape index (κ3) is 2.86. The lowest BCUT2D eigenvalue weighted by Crippen LogP contribution is -2.48. The Labute approximate surface area is 109 Å². The third-order valence-corrected chi connectivity index (χ3v) is 4.85. The molecule has 0 aliphatic heterocycles. The lowest BCUT2D eigenvalue weighted by atomic mass is 9.83. The van der Waals surface area contributed by atoms with Gasteiger partial charge in [-0.1, -0.05) is 12.8 Å². The van der Waals surface area contributed by atoms with Gasteiger partial charge in [0.2, 0.25) is 5.91 Å². The van der Waals surface area contributed by atoms with Crippen molar-refractivity contribution in [2.45, 2.75) is 64.0 Å². The predicted octanol–water partition coefficient (Wildman–Crippen LogP) is 1.17. The Morgan fingerprint density at radius 3 is 2.78 bits per heavy atom. The molecule has 0 heterocycles. The Kier molecular flexibility index (Phi) is 4.28. The monoisotopic (exact) mass is 254 g/mol. The highest BCUT2D eigenvalue weighted by Gasteiger charge is 2.42. The van der Waals surface area contributed by atoms with E-state index in [4.69, 9.17) is 5.73 Å². The van der Waals surface area contributed by atoms with Crippen LogP contribution in [0.3, 0.4) is 0 Å². The van der Waals surface area contributed by atoms with Crippen molar-refractivity contribution in [1.29, 1.82) is 0 Å². The van der Waals surface area contributed by atoms with Crippen LogP contribution < -0.4 is 11.1 Å². The van der Waals surface area contributed by atoms with E-state index >= 15 is 0 Å². The summed E-state index contributed by atoms with van der Waals surface area (Å²) in [6, 6.07) is -0.00514. The zero-order chi connectivity index (χ0) is 13.2. The normalized spacial score (nSPS) is 40.7. The number of hydrogen-bond acceptors (Lipinski definition) is 3. The minimum atomic E-state index is -0.382. The summed E-state index contributed by atoms with van der Waals surface area (Å²) < 4.78 is 0. The summed E-state index contributed by atoms with van der Waals surface area (Å²) in [5.74, 6) is 0.534. The summed E-state index contributed by atoms with van der Waals surface area (Å²) >= 11 is 0. The number of nitrogens with one attached hydrogen (secondary N) is 1. The van der Waals surface area contributed by atoms with Crippen LogP contribution in [-0.2, 0) is 4.79 Å². The highest BCUT2D eigenvalue weighted by molar-refractivity contribution is 5.83. The van der Waals surface area contributed by atoms with E-state index in [-0.39, 0.29) is 23.5 Å². The molecule has 0 aromatic carbocycles. The maximum atomic E-state index is 12.2. The van der Waals surface area contributed by atoms with Crippen LogP contribution in [0.15, 0.2) is 0 Å². The number of amides is 1. The molecular weight excluding hydrogens is 228 g/mol. The molecule has 2 saturated carbocycles. The Morgan fingerprint density at radius 2 is 2.17 bits per heavy atom. The largest absolute Gasteiger partial charge is 0.393 e. The molecule has 0 aromatic rings. The molecular formula is C14H26N2O2. The van der Waals surface area contributed by atoms with Crippen LogP contribution in [0.4, 0.5) is 0 Å². The van der Waals surface area contributed by atoms with Crippen molar-refractivity contribution < 1.29 is 9.90 Å². The summed E-state index contributed by atoms with van der Waals surface area (Å²) in [5, 5.41) is 12.7. The first-order valence-corrected chi connectivity index (χ1v) is 7.24. The van der Waals surface area contributed by atoms with Crippen molar-refractivity contribution in [3.8, 4) is 0 Å². The van der Waals surface area contributed by atoms with E-state index in [1.165, 1.54) is 0 Å². The molecule has 18 heavy (non-hydrogen) atoms. The zero-order valence-electron chi connectivity index (χ0n) is 11.3. The van der Waals surface area contributed by atoms with Gasteiger partial charge in [-0.15, -0.1) is 0 Å². The maximum Gasteiger partial charge on any atom is 0.227 e. The van der Waals surface area contributed by atoms with Crippen LogP contribution in [0.1, 0.15) is 51.9 Å². The minimum absolute atomic E-state index is 0.00514. The average molecular weight is 254 g/mol. The van der Waals surface area contributed by atoms with Crippen molar-refractivity contribution >= 4 is 5.91 Å². The molecule has 4 unspecified atom stereocenters. The third-order valence-electron chi connectivity index (χ3n) is 4.85. The van der Waals surface area contributed by atoms with E-state index in [1.807, 2.05) is 6.92 Å². The Morgan fingerprint density at radius 1 is 1.39 bits per heavy atom. The maximum absolute atomic E-state index is 12.2. The second kappa shape index (κ2) is 5.57. The fourth-order valence-electron chi connectivity index (χ4n) is 3.36. The molecule has 104 valence electrons. The Hall–Kier alpha value is -0.610. The van der Waals surface area contributed by atoms with Gasteiger partial charge in [-0.25, -0.2) is 0 Å². The van der Waals surface area contributed by atoms with E-state index in [0.29, 0.717) is 12.5 Å². The van der Waals surface area contributed by atoms with Crippen molar-refractivity contribution in [2.75, 3.05) is 6.54 Å². The number of hydrogen-bond donors (Lipinski definition) is 3. The van der Waals surface area contributed by atoms with Crippen LogP contribution >= 0.6 is 0 Å². The predicted molar refractivity (Wildman–Crippen MR) is 70.9 cm³/mol. The molecule has 2 fully saturated rings. The summed E-state index contributed by atoms with van der Waals surface area (Å²) in [6.45, 7) is 2.67. The topological polar surface area (TPSA) is 75.3 Å². The van der Waals surface area contributed by atoms with Crippen LogP contribution in [0.25, 0.3) is 0 Å². The molecule has 2 aliphatic carbocycles. The molecule has 0 saturated heterocycles. The number of nitrogens with two attached hydrogens (primary N) is 1. The number of rotatable bonds is 3. The molecule has 0 spiro atoms. The van der Waals surface area contributed by atoms with E-state index in [0.717, 1.165) is 44.9 Å². The minimum Gasteiger partial charge on any atom is -0.393 e. The number of aliphatic hydroxyl groups excluding tert-OH is 1. The molecule has 4 N–H and O–H groups in total. The molecule has 4 atom stereocenters. The van der Waals surface area contributed by atoms with Crippen molar-refractivity contribution in [2.24, 2.45) is 17.1 Å². The van der Waals surface area contributed by atoms with Gasteiger partial charge in [0.15, 0.2) is 0 Å². The lowest BCUT2D eigenvalue weighted by molar-refractivity contribution is -0.130. The summed E-state index contributed by atoms with van der Waals surface area (Å²) in [4.78, 5) is 12.2. The molecule has 4 heteroatoms. The van der Waals surface area contributed by atoms with Gasteiger partial charge in [0.05, 0.1) is 11.5 Å². The van der Waals surface area contributed by atoms with Crippen molar-refractivity contribution in [1.82, 2.24) is 5.32 Å². The molecule has 0 aromatic heterocycles. The van der Waals surface area contributed by atoms with Crippen LogP contribution in [-0.4, -0.2) is 29.7 Å².